The third-order valence-electron chi connectivity index (χ3n) is 1.85. The Bertz CT molecular complexity index is 248. The maximum atomic E-state index is 5.06. The summed E-state index contributed by atoms with van der Waals surface area (Å²) in [6, 6.07) is 0.458. The molecular weight excluding hydrogens is 208 g/mol. The summed E-state index contributed by atoms with van der Waals surface area (Å²) < 4.78 is 8.10. The normalized spacial score (nSPS) is 18.4. The van der Waals surface area contributed by atoms with Crippen LogP contribution in [-0.2, 0) is 4.74 Å². The van der Waals surface area contributed by atoms with E-state index in [2.05, 4.69) is 21.0 Å². The van der Waals surface area contributed by atoms with Crippen LogP contribution >= 0.6 is 15.9 Å². The first-order valence-electron chi connectivity index (χ1n) is 3.56. The minimum atomic E-state index is 0.458. The van der Waals surface area contributed by atoms with Crippen LogP contribution in [0.25, 0.3) is 0 Å². The standard InChI is InChI=1S/C7H9BrN2O/c1-5-7(8)2-10(9-5)6-3-11-4-6/h2,6H,3-4H2,1H3. The molecule has 0 radical (unpaired) electrons. The molecule has 0 aliphatic carbocycles. The van der Waals surface area contributed by atoms with Gasteiger partial charge in [-0.25, -0.2) is 0 Å². The number of ether oxygens (including phenoxy) is 1. The van der Waals surface area contributed by atoms with E-state index in [0.29, 0.717) is 6.04 Å². The zero-order valence-electron chi connectivity index (χ0n) is 6.25. The highest BCUT2D eigenvalue weighted by atomic mass is 79.9. The molecule has 0 bridgehead atoms. The van der Waals surface area contributed by atoms with Gasteiger partial charge in [-0.2, -0.15) is 5.10 Å². The monoisotopic (exact) mass is 216 g/mol. The van der Waals surface area contributed by atoms with Crippen molar-refractivity contribution in [3.8, 4) is 0 Å². The number of rotatable bonds is 1. The molecule has 0 saturated carbocycles. The van der Waals surface area contributed by atoms with Gasteiger partial charge in [-0.15, -0.1) is 0 Å². The molecule has 2 rings (SSSR count). The van der Waals surface area contributed by atoms with E-state index in [1.165, 1.54) is 0 Å². The third-order valence-corrected chi connectivity index (χ3v) is 2.63. The number of aryl methyl sites for hydroxylation is 1. The van der Waals surface area contributed by atoms with E-state index in [9.17, 15) is 0 Å². The molecule has 1 aliphatic rings. The fraction of sp³-hybridized carbons (Fsp3) is 0.571. The fourth-order valence-electron chi connectivity index (χ4n) is 1.02. The van der Waals surface area contributed by atoms with Crippen molar-refractivity contribution in [2.75, 3.05) is 13.2 Å². The van der Waals surface area contributed by atoms with Crippen molar-refractivity contribution in [3.05, 3.63) is 16.4 Å². The summed E-state index contributed by atoms with van der Waals surface area (Å²) in [4.78, 5) is 0. The van der Waals surface area contributed by atoms with Gasteiger partial charge in [-0.3, -0.25) is 4.68 Å². The van der Waals surface area contributed by atoms with Gasteiger partial charge in [0, 0.05) is 6.20 Å². The predicted molar refractivity (Wildman–Crippen MR) is 44.5 cm³/mol. The molecule has 1 saturated heterocycles. The first-order chi connectivity index (χ1) is 5.27. The second-order valence-corrected chi connectivity index (χ2v) is 3.59. The van der Waals surface area contributed by atoms with Gasteiger partial charge in [0.15, 0.2) is 0 Å². The SMILES string of the molecule is Cc1nn(C2COC2)cc1Br. The van der Waals surface area contributed by atoms with Crippen molar-refractivity contribution in [1.29, 1.82) is 0 Å². The second-order valence-electron chi connectivity index (χ2n) is 2.73. The molecule has 0 aromatic carbocycles. The van der Waals surface area contributed by atoms with E-state index >= 15 is 0 Å². The lowest BCUT2D eigenvalue weighted by molar-refractivity contribution is -0.0287. The zero-order valence-corrected chi connectivity index (χ0v) is 7.84. The van der Waals surface area contributed by atoms with Crippen molar-refractivity contribution >= 4 is 15.9 Å². The first kappa shape index (κ1) is 7.31. The van der Waals surface area contributed by atoms with Gasteiger partial charge in [0.25, 0.3) is 0 Å². The van der Waals surface area contributed by atoms with Gasteiger partial charge in [0.2, 0.25) is 0 Å². The molecule has 1 aromatic rings. The summed E-state index contributed by atoms with van der Waals surface area (Å²) in [6.45, 7) is 3.58. The van der Waals surface area contributed by atoms with Crippen LogP contribution in [0.1, 0.15) is 11.7 Å². The minimum absolute atomic E-state index is 0.458. The van der Waals surface area contributed by atoms with Gasteiger partial charge < -0.3 is 4.74 Å². The Balaban J connectivity index is 2.24. The Morgan fingerprint density at radius 2 is 2.45 bits per heavy atom. The fourth-order valence-corrected chi connectivity index (χ4v) is 1.31. The summed E-state index contributed by atoms with van der Waals surface area (Å²) in [7, 11) is 0. The molecule has 0 spiro atoms. The Hall–Kier alpha value is -0.350. The molecule has 60 valence electrons. The van der Waals surface area contributed by atoms with Crippen molar-refractivity contribution < 1.29 is 4.74 Å². The van der Waals surface area contributed by atoms with E-state index < -0.39 is 0 Å². The highest BCUT2D eigenvalue weighted by molar-refractivity contribution is 9.10. The minimum Gasteiger partial charge on any atom is -0.377 e. The maximum Gasteiger partial charge on any atom is 0.0985 e. The maximum absolute atomic E-state index is 5.06. The summed E-state index contributed by atoms with van der Waals surface area (Å²) in [5, 5.41) is 4.32. The smallest absolute Gasteiger partial charge is 0.0985 e. The Labute approximate surface area is 73.5 Å². The first-order valence-corrected chi connectivity index (χ1v) is 4.35. The number of aromatic nitrogens is 2. The van der Waals surface area contributed by atoms with E-state index in [-0.39, 0.29) is 0 Å². The summed E-state index contributed by atoms with van der Waals surface area (Å²) in [5.74, 6) is 0. The Morgan fingerprint density at radius 1 is 1.73 bits per heavy atom. The molecule has 1 aromatic heterocycles. The van der Waals surface area contributed by atoms with Crippen molar-refractivity contribution in [3.63, 3.8) is 0 Å². The van der Waals surface area contributed by atoms with Crippen LogP contribution in [0.5, 0.6) is 0 Å². The highest BCUT2D eigenvalue weighted by Gasteiger charge is 2.21. The number of hydrogen-bond acceptors (Lipinski definition) is 2. The average molecular weight is 217 g/mol. The van der Waals surface area contributed by atoms with E-state index in [1.54, 1.807) is 0 Å². The molecule has 0 amide bonds. The molecule has 2 heterocycles. The third kappa shape index (κ3) is 1.20. The Morgan fingerprint density at radius 3 is 2.82 bits per heavy atom. The van der Waals surface area contributed by atoms with Crippen molar-refractivity contribution in [2.45, 2.75) is 13.0 Å². The molecule has 0 atom stereocenters. The lowest BCUT2D eigenvalue weighted by Gasteiger charge is -2.25. The van der Waals surface area contributed by atoms with Crippen LogP contribution in [0.2, 0.25) is 0 Å². The topological polar surface area (TPSA) is 27.1 Å². The number of halogens is 1. The van der Waals surface area contributed by atoms with Gasteiger partial charge in [-0.1, -0.05) is 0 Å². The van der Waals surface area contributed by atoms with Crippen LogP contribution in [0.15, 0.2) is 10.7 Å². The van der Waals surface area contributed by atoms with E-state index in [4.69, 9.17) is 4.74 Å². The summed E-state index contributed by atoms with van der Waals surface area (Å²) in [5.41, 5.74) is 1.04. The lowest BCUT2D eigenvalue weighted by atomic mass is 10.3. The highest BCUT2D eigenvalue weighted by Crippen LogP contribution is 2.20. The molecule has 1 fully saturated rings. The molecule has 0 N–H and O–H groups in total. The molecular formula is C7H9BrN2O. The average Bonchev–Trinajstić information content (AvgIpc) is 2.08. The van der Waals surface area contributed by atoms with E-state index in [0.717, 1.165) is 23.4 Å². The predicted octanol–water partition coefficient (Wildman–Crippen LogP) is 1.53. The van der Waals surface area contributed by atoms with Gasteiger partial charge in [0.05, 0.1) is 29.4 Å². The molecule has 11 heavy (non-hydrogen) atoms. The van der Waals surface area contributed by atoms with Crippen LogP contribution in [0, 0.1) is 6.92 Å². The van der Waals surface area contributed by atoms with Gasteiger partial charge >= 0.3 is 0 Å². The number of nitrogens with zero attached hydrogens (tertiary/aromatic N) is 2. The van der Waals surface area contributed by atoms with Gasteiger partial charge in [0.1, 0.15) is 0 Å². The van der Waals surface area contributed by atoms with Gasteiger partial charge in [-0.05, 0) is 22.9 Å². The van der Waals surface area contributed by atoms with Crippen LogP contribution in [0.4, 0.5) is 0 Å². The van der Waals surface area contributed by atoms with Crippen molar-refractivity contribution in [1.82, 2.24) is 9.78 Å². The summed E-state index contributed by atoms with van der Waals surface area (Å²) in [6.07, 6.45) is 2.00. The molecule has 1 aliphatic heterocycles. The zero-order chi connectivity index (χ0) is 7.84. The Kier molecular flexibility index (Phi) is 1.73. The van der Waals surface area contributed by atoms with Crippen LogP contribution in [0.3, 0.4) is 0 Å². The quantitative estimate of drug-likeness (QED) is 0.713. The lowest BCUT2D eigenvalue weighted by Crippen LogP contribution is -2.30. The van der Waals surface area contributed by atoms with Crippen LogP contribution in [-0.4, -0.2) is 23.0 Å². The molecule has 4 heteroatoms. The van der Waals surface area contributed by atoms with Crippen molar-refractivity contribution in [2.24, 2.45) is 0 Å². The second kappa shape index (κ2) is 2.60. The molecule has 0 unspecified atom stereocenters. The summed E-state index contributed by atoms with van der Waals surface area (Å²) >= 11 is 3.41. The number of hydrogen-bond donors (Lipinski definition) is 0. The molecule has 3 nitrogen and oxygen atoms in total. The van der Waals surface area contributed by atoms with E-state index in [1.807, 2.05) is 17.8 Å². The van der Waals surface area contributed by atoms with Crippen LogP contribution < -0.4 is 0 Å². The largest absolute Gasteiger partial charge is 0.377 e.